The lowest BCUT2D eigenvalue weighted by Gasteiger charge is -2.14. The van der Waals surface area contributed by atoms with Crippen molar-refractivity contribution in [2.75, 3.05) is 6.54 Å². The van der Waals surface area contributed by atoms with Crippen LogP contribution in [0.4, 0.5) is 0 Å². The van der Waals surface area contributed by atoms with Crippen LogP contribution in [0.25, 0.3) is 0 Å². The molecule has 15 heavy (non-hydrogen) atoms. The molecule has 0 fully saturated rings. The third-order valence-corrected chi connectivity index (χ3v) is 2.25. The van der Waals surface area contributed by atoms with Gasteiger partial charge in [-0.25, -0.2) is 4.98 Å². The minimum Gasteiger partial charge on any atom is -0.347 e. The monoisotopic (exact) mass is 206 g/mol. The van der Waals surface area contributed by atoms with Gasteiger partial charge in [0.1, 0.15) is 11.9 Å². The van der Waals surface area contributed by atoms with E-state index in [9.17, 15) is 0 Å². The summed E-state index contributed by atoms with van der Waals surface area (Å²) in [4.78, 5) is 7.34. The quantitative estimate of drug-likeness (QED) is 0.751. The molecule has 0 amide bonds. The van der Waals surface area contributed by atoms with Crippen molar-refractivity contribution in [3.05, 3.63) is 30.1 Å². The van der Waals surface area contributed by atoms with Crippen LogP contribution in [0.2, 0.25) is 0 Å². The van der Waals surface area contributed by atoms with Crippen LogP contribution in [0.1, 0.15) is 24.5 Å². The number of nitrogens with one attached hydrogen (secondary N) is 2. The Labute approximate surface area is 87.7 Å². The van der Waals surface area contributed by atoms with Gasteiger partial charge in [0.2, 0.25) is 0 Å². The number of rotatable bonds is 4. The van der Waals surface area contributed by atoms with Crippen LogP contribution in [0.15, 0.2) is 18.6 Å². The molecule has 0 bridgehead atoms. The van der Waals surface area contributed by atoms with Gasteiger partial charge in [-0.15, -0.1) is 5.10 Å². The Kier molecular flexibility index (Phi) is 2.77. The fraction of sp³-hybridized carbons (Fsp3) is 0.444. The molecule has 0 spiro atoms. The van der Waals surface area contributed by atoms with Gasteiger partial charge in [-0.05, 0) is 6.54 Å². The van der Waals surface area contributed by atoms with Gasteiger partial charge in [0, 0.05) is 19.4 Å². The van der Waals surface area contributed by atoms with Crippen LogP contribution in [0.5, 0.6) is 0 Å². The van der Waals surface area contributed by atoms with Crippen LogP contribution in [0, 0.1) is 0 Å². The van der Waals surface area contributed by atoms with Crippen molar-refractivity contribution in [2.24, 2.45) is 7.05 Å². The number of aromatic nitrogens is 5. The van der Waals surface area contributed by atoms with Crippen LogP contribution < -0.4 is 5.32 Å². The SMILES string of the molecule is CCNC(c1ncc[nH]1)c1cnnn1C. The maximum absolute atomic E-state index is 4.25. The predicted octanol–water partition coefficient (Wildman–Crippen LogP) is 0.237. The Morgan fingerprint density at radius 1 is 1.60 bits per heavy atom. The molecule has 0 radical (unpaired) electrons. The first kappa shape index (κ1) is 9.85. The van der Waals surface area contributed by atoms with E-state index in [0.29, 0.717) is 0 Å². The van der Waals surface area contributed by atoms with E-state index < -0.39 is 0 Å². The number of nitrogens with zero attached hydrogens (tertiary/aromatic N) is 4. The van der Waals surface area contributed by atoms with E-state index in [4.69, 9.17) is 0 Å². The molecule has 0 aliphatic rings. The van der Waals surface area contributed by atoms with Crippen LogP contribution >= 0.6 is 0 Å². The van der Waals surface area contributed by atoms with Crippen molar-refractivity contribution in [2.45, 2.75) is 13.0 Å². The zero-order chi connectivity index (χ0) is 10.7. The summed E-state index contributed by atoms with van der Waals surface area (Å²) >= 11 is 0. The molecule has 6 heteroatoms. The molecule has 0 aliphatic carbocycles. The smallest absolute Gasteiger partial charge is 0.129 e. The lowest BCUT2D eigenvalue weighted by Crippen LogP contribution is -2.25. The van der Waals surface area contributed by atoms with Gasteiger partial charge in [-0.1, -0.05) is 12.1 Å². The number of hydrogen-bond acceptors (Lipinski definition) is 4. The number of H-pyrrole nitrogens is 1. The van der Waals surface area contributed by atoms with E-state index in [1.54, 1.807) is 17.1 Å². The minimum absolute atomic E-state index is 0.0185. The van der Waals surface area contributed by atoms with Crippen molar-refractivity contribution in [3.8, 4) is 0 Å². The third-order valence-electron chi connectivity index (χ3n) is 2.25. The Bertz CT molecular complexity index is 404. The summed E-state index contributed by atoms with van der Waals surface area (Å²) in [6.07, 6.45) is 5.29. The summed E-state index contributed by atoms with van der Waals surface area (Å²) < 4.78 is 1.75. The third kappa shape index (κ3) is 1.89. The van der Waals surface area contributed by atoms with Crippen LogP contribution in [-0.2, 0) is 7.05 Å². The van der Waals surface area contributed by atoms with Crippen LogP contribution in [0.3, 0.4) is 0 Å². The second-order valence-corrected chi connectivity index (χ2v) is 3.25. The molecule has 6 nitrogen and oxygen atoms in total. The molecule has 2 aromatic rings. The predicted molar refractivity (Wildman–Crippen MR) is 55.1 cm³/mol. The lowest BCUT2D eigenvalue weighted by molar-refractivity contribution is 0.549. The summed E-state index contributed by atoms with van der Waals surface area (Å²) in [7, 11) is 1.87. The molecule has 2 N–H and O–H groups in total. The standard InChI is InChI=1S/C9H14N6/c1-3-10-8(9-11-4-5-12-9)7-6-13-14-15(7)2/h4-6,8,10H,3H2,1-2H3,(H,11,12). The van der Waals surface area contributed by atoms with E-state index in [0.717, 1.165) is 18.1 Å². The molecule has 1 unspecified atom stereocenters. The topological polar surface area (TPSA) is 71.4 Å². The zero-order valence-corrected chi connectivity index (χ0v) is 8.81. The van der Waals surface area contributed by atoms with Gasteiger partial charge in [0.05, 0.1) is 11.9 Å². The molecule has 0 saturated heterocycles. The average Bonchev–Trinajstić information content (AvgIpc) is 2.85. The molecular formula is C9H14N6. The number of hydrogen-bond donors (Lipinski definition) is 2. The van der Waals surface area contributed by atoms with Gasteiger partial charge in [-0.3, -0.25) is 4.68 Å². The first-order valence-corrected chi connectivity index (χ1v) is 4.90. The average molecular weight is 206 g/mol. The van der Waals surface area contributed by atoms with Crippen LogP contribution in [-0.4, -0.2) is 31.5 Å². The highest BCUT2D eigenvalue weighted by atomic mass is 15.4. The number of imidazole rings is 1. The summed E-state index contributed by atoms with van der Waals surface area (Å²) in [5.74, 6) is 0.877. The molecule has 80 valence electrons. The Morgan fingerprint density at radius 3 is 3.00 bits per heavy atom. The summed E-state index contributed by atoms with van der Waals surface area (Å²) in [6, 6.07) is 0.0185. The van der Waals surface area contributed by atoms with E-state index in [1.807, 2.05) is 13.2 Å². The fourth-order valence-corrected chi connectivity index (χ4v) is 1.54. The maximum Gasteiger partial charge on any atom is 0.129 e. The maximum atomic E-state index is 4.25. The number of aromatic amines is 1. The van der Waals surface area contributed by atoms with Crippen molar-refractivity contribution < 1.29 is 0 Å². The summed E-state index contributed by atoms with van der Waals surface area (Å²) in [5.41, 5.74) is 0.992. The van der Waals surface area contributed by atoms with Gasteiger partial charge < -0.3 is 10.3 Å². The molecule has 0 aliphatic heterocycles. The van der Waals surface area contributed by atoms with Gasteiger partial charge in [0.25, 0.3) is 0 Å². The largest absolute Gasteiger partial charge is 0.347 e. The molecular weight excluding hydrogens is 192 g/mol. The summed E-state index contributed by atoms with van der Waals surface area (Å²) in [6.45, 7) is 2.91. The van der Waals surface area contributed by atoms with E-state index in [1.165, 1.54) is 0 Å². The van der Waals surface area contributed by atoms with Crippen molar-refractivity contribution in [1.82, 2.24) is 30.3 Å². The Balaban J connectivity index is 2.32. The molecule has 2 heterocycles. The second-order valence-electron chi connectivity index (χ2n) is 3.25. The molecule has 0 aromatic carbocycles. The highest BCUT2D eigenvalue weighted by Gasteiger charge is 2.18. The van der Waals surface area contributed by atoms with E-state index >= 15 is 0 Å². The summed E-state index contributed by atoms with van der Waals surface area (Å²) in [5, 5.41) is 11.1. The minimum atomic E-state index is 0.0185. The lowest BCUT2D eigenvalue weighted by atomic mass is 10.2. The molecule has 2 rings (SSSR count). The molecule has 2 aromatic heterocycles. The van der Waals surface area contributed by atoms with E-state index in [-0.39, 0.29) is 6.04 Å². The number of aryl methyl sites for hydroxylation is 1. The first-order valence-electron chi connectivity index (χ1n) is 4.90. The van der Waals surface area contributed by atoms with E-state index in [2.05, 4.69) is 32.5 Å². The van der Waals surface area contributed by atoms with Crippen molar-refractivity contribution in [1.29, 1.82) is 0 Å². The van der Waals surface area contributed by atoms with Crippen molar-refractivity contribution in [3.63, 3.8) is 0 Å². The Morgan fingerprint density at radius 2 is 2.47 bits per heavy atom. The second kappa shape index (κ2) is 4.22. The van der Waals surface area contributed by atoms with Gasteiger partial charge in [0.15, 0.2) is 0 Å². The molecule has 0 saturated carbocycles. The first-order chi connectivity index (χ1) is 7.33. The molecule has 1 atom stereocenters. The Hall–Kier alpha value is -1.69. The van der Waals surface area contributed by atoms with Gasteiger partial charge >= 0.3 is 0 Å². The highest BCUT2D eigenvalue weighted by Crippen LogP contribution is 2.16. The zero-order valence-electron chi connectivity index (χ0n) is 8.81. The normalized spacial score (nSPS) is 12.9. The van der Waals surface area contributed by atoms with Crippen molar-refractivity contribution >= 4 is 0 Å². The fourth-order valence-electron chi connectivity index (χ4n) is 1.54. The van der Waals surface area contributed by atoms with Gasteiger partial charge in [-0.2, -0.15) is 0 Å². The highest BCUT2D eigenvalue weighted by molar-refractivity contribution is 5.13.